The molecule has 3 aromatic heterocycles. The molecule has 1 saturated heterocycles. The van der Waals surface area contributed by atoms with Crippen molar-refractivity contribution in [2.24, 2.45) is 0 Å². The van der Waals surface area contributed by atoms with Gasteiger partial charge in [0.05, 0.1) is 10.9 Å². The summed E-state index contributed by atoms with van der Waals surface area (Å²) < 4.78 is 0. The van der Waals surface area contributed by atoms with Gasteiger partial charge in [-0.3, -0.25) is 9.89 Å². The molecule has 32 heavy (non-hydrogen) atoms. The highest BCUT2D eigenvalue weighted by molar-refractivity contribution is 7.21. The minimum absolute atomic E-state index is 0.0307. The van der Waals surface area contributed by atoms with E-state index < -0.39 is 0 Å². The van der Waals surface area contributed by atoms with Crippen LogP contribution in [0.1, 0.15) is 10.5 Å². The van der Waals surface area contributed by atoms with Gasteiger partial charge in [0.15, 0.2) is 5.69 Å². The van der Waals surface area contributed by atoms with Gasteiger partial charge in [-0.25, -0.2) is 9.97 Å². The van der Waals surface area contributed by atoms with Gasteiger partial charge < -0.3 is 9.80 Å². The van der Waals surface area contributed by atoms with Crippen molar-refractivity contribution in [3.05, 3.63) is 72.7 Å². The highest BCUT2D eigenvalue weighted by Crippen LogP contribution is 2.36. The Kier molecular flexibility index (Phi) is 4.57. The van der Waals surface area contributed by atoms with Crippen LogP contribution in [0.15, 0.2) is 67.0 Å². The average Bonchev–Trinajstić information content (AvgIpc) is 3.49. The molecule has 4 heterocycles. The fourth-order valence-corrected chi connectivity index (χ4v) is 5.24. The number of nitrogens with one attached hydrogen (secondary N) is 1. The van der Waals surface area contributed by atoms with E-state index in [4.69, 9.17) is 0 Å². The molecule has 0 atom stereocenters. The number of benzene rings is 2. The minimum Gasteiger partial charge on any atom is -0.352 e. The maximum absolute atomic E-state index is 13.1. The Hall–Kier alpha value is -3.78. The van der Waals surface area contributed by atoms with Crippen molar-refractivity contribution >= 4 is 44.2 Å². The molecule has 158 valence electrons. The van der Waals surface area contributed by atoms with Crippen LogP contribution in [-0.2, 0) is 0 Å². The standard InChI is InChI=1S/C24H20N6OS/c31-24(21-17-8-4-5-9-19(17)27-28-21)30-12-10-29(11-13-30)22-18-14-20(16-6-2-1-3-7-16)32-23(18)26-15-25-22/h1-9,14-15H,10-13H2,(H,27,28). The largest absolute Gasteiger partial charge is 0.352 e. The number of fused-ring (bicyclic) bond motifs is 2. The normalized spacial score (nSPS) is 14.4. The number of hydrogen-bond donors (Lipinski definition) is 1. The van der Waals surface area contributed by atoms with Crippen LogP contribution >= 0.6 is 11.3 Å². The molecule has 0 bridgehead atoms. The average molecular weight is 441 g/mol. The fourth-order valence-electron chi connectivity index (χ4n) is 4.24. The van der Waals surface area contributed by atoms with Crippen molar-refractivity contribution < 1.29 is 4.79 Å². The van der Waals surface area contributed by atoms with E-state index in [9.17, 15) is 4.79 Å². The molecular formula is C24H20N6OS. The molecule has 5 aromatic rings. The Morgan fingerprint density at radius 2 is 1.69 bits per heavy atom. The van der Waals surface area contributed by atoms with Crippen LogP contribution in [-0.4, -0.2) is 57.2 Å². The van der Waals surface area contributed by atoms with Crippen molar-refractivity contribution in [1.29, 1.82) is 0 Å². The zero-order valence-corrected chi connectivity index (χ0v) is 18.0. The van der Waals surface area contributed by atoms with Crippen LogP contribution in [0.25, 0.3) is 31.6 Å². The molecule has 0 aliphatic carbocycles. The quantitative estimate of drug-likeness (QED) is 0.455. The lowest BCUT2D eigenvalue weighted by molar-refractivity contribution is 0.0742. The lowest BCUT2D eigenvalue weighted by Crippen LogP contribution is -2.49. The van der Waals surface area contributed by atoms with E-state index in [1.165, 1.54) is 10.4 Å². The molecule has 8 heteroatoms. The van der Waals surface area contributed by atoms with Crippen molar-refractivity contribution in [3.63, 3.8) is 0 Å². The summed E-state index contributed by atoms with van der Waals surface area (Å²) in [6.45, 7) is 2.69. The van der Waals surface area contributed by atoms with Gasteiger partial charge >= 0.3 is 0 Å². The molecular weight excluding hydrogens is 420 g/mol. The van der Waals surface area contributed by atoms with Crippen LogP contribution in [0.4, 0.5) is 5.82 Å². The molecule has 2 aromatic carbocycles. The third-order valence-electron chi connectivity index (χ3n) is 5.91. The summed E-state index contributed by atoms with van der Waals surface area (Å²) in [6, 6.07) is 20.2. The number of amides is 1. The molecule has 1 aliphatic rings. The number of aromatic amines is 1. The number of aromatic nitrogens is 4. The molecule has 6 rings (SSSR count). The summed E-state index contributed by atoms with van der Waals surface area (Å²) in [4.78, 5) is 28.5. The van der Waals surface area contributed by atoms with Crippen LogP contribution < -0.4 is 4.90 Å². The number of carbonyl (C=O) groups is 1. The Morgan fingerprint density at radius 3 is 2.53 bits per heavy atom. The topological polar surface area (TPSA) is 78.0 Å². The Bertz CT molecular complexity index is 1420. The van der Waals surface area contributed by atoms with Gasteiger partial charge in [0.25, 0.3) is 5.91 Å². The van der Waals surface area contributed by atoms with E-state index in [1.54, 1.807) is 17.7 Å². The summed E-state index contributed by atoms with van der Waals surface area (Å²) in [5, 5.41) is 9.16. The molecule has 1 fully saturated rings. The van der Waals surface area contributed by atoms with Gasteiger partial charge in [0.2, 0.25) is 0 Å². The third kappa shape index (κ3) is 3.20. The van der Waals surface area contributed by atoms with Crippen molar-refractivity contribution in [2.45, 2.75) is 0 Å². The molecule has 0 saturated carbocycles. The maximum atomic E-state index is 13.1. The first-order chi connectivity index (χ1) is 15.8. The van der Waals surface area contributed by atoms with Gasteiger partial charge in [-0.05, 0) is 17.7 Å². The maximum Gasteiger partial charge on any atom is 0.275 e. The van der Waals surface area contributed by atoms with Crippen LogP contribution in [0.2, 0.25) is 0 Å². The van der Waals surface area contributed by atoms with Crippen LogP contribution in [0, 0.1) is 0 Å². The summed E-state index contributed by atoms with van der Waals surface area (Å²) in [5.41, 5.74) is 2.55. The molecule has 7 nitrogen and oxygen atoms in total. The number of H-pyrrole nitrogens is 1. The number of carbonyl (C=O) groups excluding carboxylic acids is 1. The van der Waals surface area contributed by atoms with Crippen molar-refractivity contribution in [2.75, 3.05) is 31.1 Å². The van der Waals surface area contributed by atoms with Crippen LogP contribution in [0.5, 0.6) is 0 Å². The van der Waals surface area contributed by atoms with E-state index in [1.807, 2.05) is 47.4 Å². The highest BCUT2D eigenvalue weighted by atomic mass is 32.1. The SMILES string of the molecule is O=C(c1n[nH]c2ccccc12)N1CCN(c2ncnc3sc(-c4ccccc4)cc23)CC1. The predicted molar refractivity (Wildman–Crippen MR) is 127 cm³/mol. The summed E-state index contributed by atoms with van der Waals surface area (Å²) in [5.74, 6) is 0.905. The first kappa shape index (κ1) is 18.9. The first-order valence-corrected chi connectivity index (χ1v) is 11.4. The van der Waals surface area contributed by atoms with Gasteiger partial charge in [0, 0.05) is 36.4 Å². The van der Waals surface area contributed by atoms with E-state index in [0.29, 0.717) is 18.8 Å². The lowest BCUT2D eigenvalue weighted by atomic mass is 10.1. The lowest BCUT2D eigenvalue weighted by Gasteiger charge is -2.35. The first-order valence-electron chi connectivity index (χ1n) is 10.6. The van der Waals surface area contributed by atoms with E-state index in [-0.39, 0.29) is 5.91 Å². The van der Waals surface area contributed by atoms with E-state index >= 15 is 0 Å². The minimum atomic E-state index is -0.0307. The number of thiophene rings is 1. The Labute approximate surface area is 188 Å². The second-order valence-corrected chi connectivity index (χ2v) is 8.82. The Morgan fingerprint density at radius 1 is 0.906 bits per heavy atom. The monoisotopic (exact) mass is 440 g/mol. The zero-order valence-electron chi connectivity index (χ0n) is 17.2. The predicted octanol–water partition coefficient (Wildman–Crippen LogP) is 4.20. The van der Waals surface area contributed by atoms with E-state index in [0.717, 1.165) is 40.0 Å². The molecule has 0 spiro atoms. The third-order valence-corrected chi connectivity index (χ3v) is 7.00. The summed E-state index contributed by atoms with van der Waals surface area (Å²) in [6.07, 6.45) is 1.64. The molecule has 1 aliphatic heterocycles. The molecule has 0 radical (unpaired) electrons. The molecule has 0 unspecified atom stereocenters. The highest BCUT2D eigenvalue weighted by Gasteiger charge is 2.26. The van der Waals surface area contributed by atoms with Crippen LogP contribution in [0.3, 0.4) is 0 Å². The number of rotatable bonds is 3. The van der Waals surface area contributed by atoms with Gasteiger partial charge in [-0.1, -0.05) is 48.5 Å². The van der Waals surface area contributed by atoms with Crippen molar-refractivity contribution in [3.8, 4) is 10.4 Å². The van der Waals surface area contributed by atoms with Gasteiger partial charge in [-0.15, -0.1) is 11.3 Å². The summed E-state index contributed by atoms with van der Waals surface area (Å²) in [7, 11) is 0. The molecule has 1 N–H and O–H groups in total. The smallest absolute Gasteiger partial charge is 0.275 e. The van der Waals surface area contributed by atoms with Gasteiger partial charge in [-0.2, -0.15) is 5.10 Å². The Balaban J connectivity index is 1.23. The second-order valence-electron chi connectivity index (χ2n) is 7.79. The molecule has 1 amide bonds. The second kappa shape index (κ2) is 7.72. The number of para-hydroxylation sites is 1. The number of anilines is 1. The van der Waals surface area contributed by atoms with Gasteiger partial charge in [0.1, 0.15) is 17.0 Å². The zero-order chi connectivity index (χ0) is 21.5. The summed E-state index contributed by atoms with van der Waals surface area (Å²) >= 11 is 1.68. The van der Waals surface area contributed by atoms with Crippen molar-refractivity contribution in [1.82, 2.24) is 25.1 Å². The van der Waals surface area contributed by atoms with E-state index in [2.05, 4.69) is 43.3 Å². The number of hydrogen-bond acceptors (Lipinski definition) is 6. The number of nitrogens with zero attached hydrogens (tertiary/aromatic N) is 5. The fraction of sp³-hybridized carbons (Fsp3) is 0.167. The number of piperazine rings is 1.